The van der Waals surface area contributed by atoms with Crippen LogP contribution >= 0.6 is 15.9 Å². The Morgan fingerprint density at radius 1 is 1.08 bits per heavy atom. The van der Waals surface area contributed by atoms with Gasteiger partial charge in [0.05, 0.1) is 10.5 Å². The van der Waals surface area contributed by atoms with Crippen LogP contribution in [0.15, 0.2) is 45.8 Å². The molecule has 1 aliphatic rings. The molecule has 0 saturated carbocycles. The van der Waals surface area contributed by atoms with E-state index >= 15 is 0 Å². The van der Waals surface area contributed by atoms with Crippen molar-refractivity contribution in [2.45, 2.75) is 24.2 Å². The average Bonchev–Trinajstić information content (AvgIpc) is 3.06. The topological polar surface area (TPSA) is 104 Å². The molecule has 2 N–H and O–H groups in total. The van der Waals surface area contributed by atoms with Crippen LogP contribution in [0.1, 0.15) is 38.3 Å². The Morgan fingerprint density at radius 3 is 2.54 bits per heavy atom. The molecule has 6 nitrogen and oxygen atoms in total. The van der Waals surface area contributed by atoms with Crippen molar-refractivity contribution in [2.24, 2.45) is 5.14 Å². The molecule has 0 aromatic heterocycles. The lowest BCUT2D eigenvalue weighted by Gasteiger charge is -2.08. The highest BCUT2D eigenvalue weighted by Crippen LogP contribution is 2.24. The number of Topliss-reactive ketones (excluding diaryl/α,β-unsaturated/α-hetero) is 1. The summed E-state index contributed by atoms with van der Waals surface area (Å²) >= 11 is 3.16. The highest BCUT2D eigenvalue weighted by Gasteiger charge is 2.19. The van der Waals surface area contributed by atoms with Crippen molar-refractivity contribution in [3.05, 3.63) is 63.1 Å². The number of carbonyl (C=O) groups is 2. The highest BCUT2D eigenvalue weighted by atomic mass is 79.9. The molecule has 0 bridgehead atoms. The van der Waals surface area contributed by atoms with Gasteiger partial charge in [-0.2, -0.15) is 0 Å². The highest BCUT2D eigenvalue weighted by molar-refractivity contribution is 9.10. The van der Waals surface area contributed by atoms with E-state index in [1.54, 1.807) is 6.07 Å². The lowest BCUT2D eigenvalue weighted by molar-refractivity contribution is 0.0473. The number of nitrogens with two attached hydrogens (primary N) is 1. The molecule has 0 aliphatic heterocycles. The van der Waals surface area contributed by atoms with E-state index < -0.39 is 22.6 Å². The Bertz CT molecular complexity index is 1000. The van der Waals surface area contributed by atoms with Gasteiger partial charge >= 0.3 is 5.97 Å². The van der Waals surface area contributed by atoms with Gasteiger partial charge in [-0.25, -0.2) is 18.4 Å². The van der Waals surface area contributed by atoms with Crippen LogP contribution in [-0.4, -0.2) is 26.8 Å². The van der Waals surface area contributed by atoms with Gasteiger partial charge in [-0.3, -0.25) is 4.79 Å². The largest absolute Gasteiger partial charge is 0.454 e. The first-order valence-corrected chi connectivity index (χ1v) is 10.2. The van der Waals surface area contributed by atoms with Crippen molar-refractivity contribution < 1.29 is 22.7 Å². The smallest absolute Gasteiger partial charge is 0.339 e. The Morgan fingerprint density at radius 2 is 1.81 bits per heavy atom. The van der Waals surface area contributed by atoms with E-state index in [0.29, 0.717) is 10.0 Å². The number of ketones is 1. The van der Waals surface area contributed by atoms with E-state index in [2.05, 4.69) is 15.9 Å². The van der Waals surface area contributed by atoms with Gasteiger partial charge < -0.3 is 4.74 Å². The summed E-state index contributed by atoms with van der Waals surface area (Å²) < 4.78 is 28.2. The van der Waals surface area contributed by atoms with Crippen LogP contribution in [-0.2, 0) is 27.6 Å². The van der Waals surface area contributed by atoms with Gasteiger partial charge in [0.2, 0.25) is 10.0 Å². The molecule has 0 atom stereocenters. The first-order chi connectivity index (χ1) is 12.3. The number of halogens is 1. The van der Waals surface area contributed by atoms with Gasteiger partial charge in [0, 0.05) is 10.0 Å². The number of hydrogen-bond donors (Lipinski definition) is 1. The summed E-state index contributed by atoms with van der Waals surface area (Å²) in [7, 11) is -3.95. The second-order valence-corrected chi connectivity index (χ2v) is 8.44. The van der Waals surface area contributed by atoms with E-state index in [1.807, 2.05) is 12.1 Å². The zero-order chi connectivity index (χ0) is 18.9. The monoisotopic (exact) mass is 437 g/mol. The minimum atomic E-state index is -3.95. The predicted octanol–water partition coefficient (Wildman–Crippen LogP) is 2.62. The van der Waals surface area contributed by atoms with Gasteiger partial charge in [-0.15, -0.1) is 0 Å². The van der Waals surface area contributed by atoms with E-state index in [9.17, 15) is 18.0 Å². The maximum absolute atomic E-state index is 12.3. The summed E-state index contributed by atoms with van der Waals surface area (Å²) in [6.07, 6.45) is 3.05. The first-order valence-electron chi connectivity index (χ1n) is 7.90. The van der Waals surface area contributed by atoms with E-state index in [-0.39, 0.29) is 16.2 Å². The molecule has 0 amide bonds. The van der Waals surface area contributed by atoms with Crippen LogP contribution < -0.4 is 5.14 Å². The van der Waals surface area contributed by atoms with Gasteiger partial charge in [-0.1, -0.05) is 12.1 Å². The fourth-order valence-electron chi connectivity index (χ4n) is 2.88. The Balaban J connectivity index is 1.72. The van der Waals surface area contributed by atoms with Crippen LogP contribution in [0.4, 0.5) is 0 Å². The second kappa shape index (κ2) is 7.30. The molecule has 1 aliphatic carbocycles. The number of aryl methyl sites for hydroxylation is 2. The summed E-state index contributed by atoms with van der Waals surface area (Å²) in [5, 5.41) is 5.07. The third-order valence-electron chi connectivity index (χ3n) is 4.24. The molecule has 136 valence electrons. The maximum Gasteiger partial charge on any atom is 0.339 e. The number of rotatable bonds is 5. The molecule has 0 unspecified atom stereocenters. The first kappa shape index (κ1) is 18.8. The molecule has 0 fully saturated rings. The molecule has 3 rings (SSSR count). The Labute approximate surface area is 159 Å². The van der Waals surface area contributed by atoms with Crippen molar-refractivity contribution in [3.63, 3.8) is 0 Å². The third kappa shape index (κ3) is 4.03. The maximum atomic E-state index is 12.3. The summed E-state index contributed by atoms with van der Waals surface area (Å²) in [4.78, 5) is 24.3. The molecule has 2 aromatic carbocycles. The predicted molar refractivity (Wildman–Crippen MR) is 98.6 cm³/mol. The molecular formula is C18H16BrNO5S. The normalized spacial score (nSPS) is 13.3. The lowest BCUT2D eigenvalue weighted by Crippen LogP contribution is -2.17. The van der Waals surface area contributed by atoms with Crippen LogP contribution in [0.25, 0.3) is 0 Å². The fourth-order valence-corrected chi connectivity index (χ4v) is 3.82. The van der Waals surface area contributed by atoms with E-state index in [0.717, 1.165) is 30.9 Å². The van der Waals surface area contributed by atoms with Crippen LogP contribution in [0, 0.1) is 0 Å². The second-order valence-electron chi connectivity index (χ2n) is 6.02. The third-order valence-corrected chi connectivity index (χ3v) is 5.84. The number of carbonyl (C=O) groups excluding carboxylic acids is 2. The van der Waals surface area contributed by atoms with Crippen molar-refractivity contribution in [1.29, 1.82) is 0 Å². The Hall–Kier alpha value is -2.03. The molecule has 26 heavy (non-hydrogen) atoms. The lowest BCUT2D eigenvalue weighted by atomic mass is 10.0. The molecule has 8 heteroatoms. The zero-order valence-corrected chi connectivity index (χ0v) is 16.1. The number of sulfonamides is 1. The number of esters is 1. The summed E-state index contributed by atoms with van der Waals surface area (Å²) in [5.41, 5.74) is 2.89. The minimum Gasteiger partial charge on any atom is -0.454 e. The molecule has 0 saturated heterocycles. The summed E-state index contributed by atoms with van der Waals surface area (Å²) in [6.45, 7) is -0.427. The zero-order valence-electron chi connectivity index (χ0n) is 13.7. The van der Waals surface area contributed by atoms with Crippen molar-refractivity contribution in [1.82, 2.24) is 0 Å². The number of benzene rings is 2. The number of fused-ring (bicyclic) bond motifs is 1. The van der Waals surface area contributed by atoms with E-state index in [4.69, 9.17) is 9.88 Å². The minimum absolute atomic E-state index is 0.0155. The quantitative estimate of drug-likeness (QED) is 0.571. The summed E-state index contributed by atoms with van der Waals surface area (Å²) in [5.74, 6) is -1.12. The van der Waals surface area contributed by atoms with Crippen molar-refractivity contribution in [2.75, 3.05) is 6.61 Å². The van der Waals surface area contributed by atoms with Gasteiger partial charge in [-0.05, 0) is 70.6 Å². The Kier molecular flexibility index (Phi) is 5.27. The summed E-state index contributed by atoms with van der Waals surface area (Å²) in [6, 6.07) is 9.28. The molecule has 0 heterocycles. The van der Waals surface area contributed by atoms with Crippen molar-refractivity contribution in [3.8, 4) is 0 Å². The standard InChI is InChI=1S/C18H16BrNO5S/c19-16-7-6-14(26(20,23)24)9-15(16)18(22)25-10-17(21)13-5-4-11-2-1-3-12(11)8-13/h4-9H,1-3,10H2,(H2,20,23,24). The number of hydrogen-bond acceptors (Lipinski definition) is 5. The average molecular weight is 438 g/mol. The molecule has 0 spiro atoms. The molecule has 0 radical (unpaired) electrons. The van der Waals surface area contributed by atoms with Gasteiger partial charge in [0.15, 0.2) is 12.4 Å². The van der Waals surface area contributed by atoms with Crippen molar-refractivity contribution >= 4 is 37.7 Å². The van der Waals surface area contributed by atoms with Crippen LogP contribution in [0.2, 0.25) is 0 Å². The van der Waals surface area contributed by atoms with Crippen LogP contribution in [0.3, 0.4) is 0 Å². The molecule has 2 aromatic rings. The molecular weight excluding hydrogens is 422 g/mol. The number of primary sulfonamides is 1. The number of ether oxygens (including phenoxy) is 1. The van der Waals surface area contributed by atoms with E-state index in [1.165, 1.54) is 17.7 Å². The fraction of sp³-hybridized carbons (Fsp3) is 0.222. The van der Waals surface area contributed by atoms with Gasteiger partial charge in [0.25, 0.3) is 0 Å². The van der Waals surface area contributed by atoms with Crippen LogP contribution in [0.5, 0.6) is 0 Å². The van der Waals surface area contributed by atoms with Gasteiger partial charge in [0.1, 0.15) is 0 Å². The SMILES string of the molecule is NS(=O)(=O)c1ccc(Br)c(C(=O)OCC(=O)c2ccc3c(c2)CCC3)c1.